The standard InChI is InChI=1S/C20H16NO2S.In/c22-19-18(24-20(23)21-19)14-17(16-11-5-2-6-12-16)13-7-10-15-8-3-1-4-9-15;/h1-6,8-9,11,14,18H,7,10H2,(H,21,22,23);. The zero-order valence-electron chi connectivity index (χ0n) is 13.6. The SMILES string of the molecule is O=C1NC(=O)C([CH]2C3=[C](CCc4ccccc4)[In]2[c]2ccccc23)S1. The van der Waals surface area contributed by atoms with Gasteiger partial charge < -0.3 is 0 Å². The molecule has 1 saturated heterocycles. The van der Waals surface area contributed by atoms with Crippen LogP contribution >= 0.6 is 11.8 Å². The van der Waals surface area contributed by atoms with E-state index in [-0.39, 0.29) is 16.4 Å². The van der Waals surface area contributed by atoms with Crippen molar-refractivity contribution in [1.82, 2.24) is 5.32 Å². The first-order chi connectivity index (χ1) is 12.2. The molecule has 3 nitrogen and oxygen atoms in total. The molecule has 122 valence electrons. The molecular weight excluding hydrogens is 433 g/mol. The molecule has 25 heavy (non-hydrogen) atoms. The van der Waals surface area contributed by atoms with Crippen molar-refractivity contribution in [2.24, 2.45) is 0 Å². The van der Waals surface area contributed by atoms with Crippen LogP contribution in [0.3, 0.4) is 0 Å². The quantitative estimate of drug-likeness (QED) is 0.781. The molecule has 4 aliphatic rings. The topological polar surface area (TPSA) is 46.2 Å². The number of carbonyl (C=O) groups excluding carboxylic acids is 2. The van der Waals surface area contributed by atoms with Gasteiger partial charge in [-0.2, -0.15) is 0 Å². The average Bonchev–Trinajstić information content (AvgIpc) is 3.23. The van der Waals surface area contributed by atoms with Crippen LogP contribution in [0.25, 0.3) is 5.57 Å². The second-order valence-electron chi connectivity index (χ2n) is 6.83. The van der Waals surface area contributed by atoms with Crippen LogP contribution < -0.4 is 8.64 Å². The second-order valence-corrected chi connectivity index (χ2v) is 16.5. The third kappa shape index (κ3) is 2.43. The molecule has 0 saturated carbocycles. The van der Waals surface area contributed by atoms with Gasteiger partial charge in [-0.15, -0.1) is 0 Å². The summed E-state index contributed by atoms with van der Waals surface area (Å²) in [5.41, 5.74) is 4.16. The summed E-state index contributed by atoms with van der Waals surface area (Å²) < 4.78 is 3.58. The molecule has 2 aromatic rings. The van der Waals surface area contributed by atoms with E-state index in [0.717, 1.165) is 12.8 Å². The maximum absolute atomic E-state index is 12.2. The van der Waals surface area contributed by atoms with Crippen LogP contribution in [-0.2, 0) is 11.2 Å². The van der Waals surface area contributed by atoms with Crippen molar-refractivity contribution in [2.75, 3.05) is 0 Å². The van der Waals surface area contributed by atoms with Crippen molar-refractivity contribution in [1.29, 1.82) is 0 Å². The number of hydrogen-bond acceptors (Lipinski definition) is 3. The Kier molecular flexibility index (Phi) is 3.82. The molecule has 4 heterocycles. The third-order valence-corrected chi connectivity index (χ3v) is 18.7. The molecule has 2 aromatic carbocycles. The van der Waals surface area contributed by atoms with Gasteiger partial charge >= 0.3 is 159 Å². The van der Waals surface area contributed by atoms with Gasteiger partial charge in [0.25, 0.3) is 0 Å². The van der Waals surface area contributed by atoms with E-state index < -0.39 is 21.4 Å². The van der Waals surface area contributed by atoms with Gasteiger partial charge in [0.05, 0.1) is 0 Å². The Labute approximate surface area is 158 Å². The summed E-state index contributed by atoms with van der Waals surface area (Å²) in [6, 6.07) is 19.3. The Morgan fingerprint density at radius 1 is 0.960 bits per heavy atom. The summed E-state index contributed by atoms with van der Waals surface area (Å²) in [5, 5.41) is 2.12. The molecular formula is C20H16InNO2S. The number of aryl methyl sites for hydroxylation is 1. The van der Waals surface area contributed by atoms with Crippen molar-refractivity contribution in [3.05, 3.63) is 69.1 Å². The zero-order chi connectivity index (χ0) is 17.0. The van der Waals surface area contributed by atoms with Crippen LogP contribution in [0.15, 0.2) is 57.9 Å². The zero-order valence-corrected chi connectivity index (χ0v) is 17.7. The van der Waals surface area contributed by atoms with Gasteiger partial charge in [-0.3, -0.25) is 0 Å². The van der Waals surface area contributed by atoms with Crippen molar-refractivity contribution in [3.63, 3.8) is 0 Å². The van der Waals surface area contributed by atoms with Crippen molar-refractivity contribution in [3.8, 4) is 0 Å². The second kappa shape index (κ2) is 6.06. The summed E-state index contributed by atoms with van der Waals surface area (Å²) in [4.78, 5) is 23.9. The molecule has 2 bridgehead atoms. The molecule has 2 unspecified atom stereocenters. The van der Waals surface area contributed by atoms with Gasteiger partial charge in [0.15, 0.2) is 0 Å². The van der Waals surface area contributed by atoms with E-state index in [1.54, 1.807) is 6.65 Å². The molecule has 1 N–H and O–H groups in total. The summed E-state index contributed by atoms with van der Waals surface area (Å²) in [7, 11) is 0. The number of allylic oxidation sites excluding steroid dienone is 2. The summed E-state index contributed by atoms with van der Waals surface area (Å²) in [6.45, 7) is 0. The van der Waals surface area contributed by atoms with Crippen LogP contribution in [-0.4, -0.2) is 37.8 Å². The van der Waals surface area contributed by atoms with Crippen LogP contribution in [0, 0.1) is 0 Å². The fraction of sp³-hybridized carbons (Fsp3) is 0.200. The molecule has 0 radical (unpaired) electrons. The first-order valence-corrected chi connectivity index (χ1v) is 14.7. The van der Waals surface area contributed by atoms with Crippen molar-refractivity contribution in [2.45, 2.75) is 21.8 Å². The number of rotatable bonds is 4. The Morgan fingerprint density at radius 2 is 1.72 bits per heavy atom. The molecule has 0 aromatic heterocycles. The molecule has 6 rings (SSSR count). The third-order valence-electron chi connectivity index (χ3n) is 5.57. The number of benzene rings is 2. The van der Waals surface area contributed by atoms with Gasteiger partial charge in [0.1, 0.15) is 0 Å². The number of thioether (sulfide) groups is 1. The van der Waals surface area contributed by atoms with E-state index in [4.69, 9.17) is 0 Å². The molecule has 0 aliphatic carbocycles. The van der Waals surface area contributed by atoms with Crippen LogP contribution in [0.5, 0.6) is 0 Å². The molecule has 1 fully saturated rings. The van der Waals surface area contributed by atoms with Gasteiger partial charge in [0.2, 0.25) is 0 Å². The molecule has 0 spiro atoms. The predicted molar refractivity (Wildman–Crippen MR) is 102 cm³/mol. The number of carbonyl (C=O) groups is 2. The Balaban J connectivity index is 1.46. The average molecular weight is 449 g/mol. The van der Waals surface area contributed by atoms with Gasteiger partial charge in [-0.25, -0.2) is 0 Å². The van der Waals surface area contributed by atoms with Crippen molar-refractivity contribution < 1.29 is 9.59 Å². The van der Waals surface area contributed by atoms with Crippen LogP contribution in [0.1, 0.15) is 17.5 Å². The van der Waals surface area contributed by atoms with Crippen LogP contribution in [0.4, 0.5) is 4.79 Å². The van der Waals surface area contributed by atoms with Gasteiger partial charge in [-0.05, 0) is 0 Å². The fourth-order valence-corrected chi connectivity index (χ4v) is 19.1. The van der Waals surface area contributed by atoms with E-state index in [2.05, 4.69) is 59.9 Å². The van der Waals surface area contributed by atoms with E-state index in [1.807, 2.05) is 0 Å². The number of amides is 2. The molecule has 2 amide bonds. The molecule has 4 aliphatic heterocycles. The summed E-state index contributed by atoms with van der Waals surface area (Å²) in [6.07, 6.45) is 2.18. The van der Waals surface area contributed by atoms with Crippen molar-refractivity contribution >= 4 is 53.2 Å². The fourth-order valence-electron chi connectivity index (χ4n) is 4.56. The summed E-state index contributed by atoms with van der Waals surface area (Å²) >= 11 is -0.978. The van der Waals surface area contributed by atoms with Crippen LogP contribution in [0.2, 0.25) is 3.67 Å². The van der Waals surface area contributed by atoms with Gasteiger partial charge in [0, 0.05) is 0 Å². The monoisotopic (exact) mass is 449 g/mol. The molecule has 5 heteroatoms. The van der Waals surface area contributed by atoms with E-state index in [0.29, 0.717) is 3.67 Å². The molecule has 2 atom stereocenters. The van der Waals surface area contributed by atoms with E-state index in [9.17, 15) is 9.59 Å². The Bertz CT molecular complexity index is 924. The summed E-state index contributed by atoms with van der Waals surface area (Å²) in [5.74, 6) is -0.0749. The Morgan fingerprint density at radius 3 is 2.44 bits per heavy atom. The number of hydrogen-bond donors (Lipinski definition) is 1. The number of nitrogens with one attached hydrogen (secondary N) is 1. The minimum atomic E-state index is -2.19. The normalized spacial score (nSPS) is 23.6. The number of imide groups is 1. The first-order valence-electron chi connectivity index (χ1n) is 8.61. The predicted octanol–water partition coefficient (Wildman–Crippen LogP) is 3.06. The van der Waals surface area contributed by atoms with E-state index >= 15 is 0 Å². The van der Waals surface area contributed by atoms with E-state index in [1.165, 1.54) is 28.5 Å². The van der Waals surface area contributed by atoms with Gasteiger partial charge in [-0.1, -0.05) is 0 Å². The minimum absolute atomic E-state index is 0.0749. The maximum atomic E-state index is 12.2. The Hall–Kier alpha value is -1.46. The first kappa shape index (κ1) is 15.8.